The average molecular weight is 514 g/mol. The summed E-state index contributed by atoms with van der Waals surface area (Å²) in [5.41, 5.74) is 3.91. The largest absolute Gasteiger partial charge is 0.395 e. The standard InChI is InChI=1S/C31H32FN3O3/c32-26-5-1-2-6-27(26)33-31(38)34-17-3-4-18-35-28(19-34)30(29(35)21-37)25-15-13-23(14-16-25)8-7-22-9-11-24(20-36)12-10-22/h1-2,5-6,9-16,28-30,36-37H,3-4,17-21H2,(H,33,38)/t28-,29-,30-/m0/s1. The SMILES string of the molecule is O=C(Nc1ccccc1F)N1CCCCN2[C@@H](CO)[C@@H](c3ccc(C#Cc4ccc(CO)cc4)cc3)[C@@H]2C1. The highest BCUT2D eigenvalue weighted by Gasteiger charge is 2.49. The van der Waals surface area contributed by atoms with E-state index in [0.29, 0.717) is 13.1 Å². The Labute approximate surface area is 222 Å². The summed E-state index contributed by atoms with van der Waals surface area (Å²) < 4.78 is 14.1. The van der Waals surface area contributed by atoms with Crippen molar-refractivity contribution in [1.82, 2.24) is 9.80 Å². The van der Waals surface area contributed by atoms with Crippen LogP contribution in [-0.2, 0) is 6.61 Å². The molecule has 5 rings (SSSR count). The lowest BCUT2D eigenvalue weighted by Gasteiger charge is -2.57. The molecule has 7 heteroatoms. The Morgan fingerprint density at radius 2 is 1.58 bits per heavy atom. The van der Waals surface area contributed by atoms with Gasteiger partial charge in [-0.1, -0.05) is 48.2 Å². The number of aliphatic hydroxyl groups excluding tert-OH is 2. The van der Waals surface area contributed by atoms with Gasteiger partial charge in [-0.2, -0.15) is 0 Å². The first-order valence-corrected chi connectivity index (χ1v) is 13.1. The summed E-state index contributed by atoms with van der Waals surface area (Å²) >= 11 is 0. The Morgan fingerprint density at radius 3 is 2.24 bits per heavy atom. The fraction of sp³-hybridized carbons (Fsp3) is 0.323. The topological polar surface area (TPSA) is 76.0 Å². The number of rotatable bonds is 4. The number of anilines is 1. The van der Waals surface area contributed by atoms with Crippen LogP contribution >= 0.6 is 0 Å². The van der Waals surface area contributed by atoms with E-state index >= 15 is 0 Å². The highest BCUT2D eigenvalue weighted by Crippen LogP contribution is 2.42. The van der Waals surface area contributed by atoms with E-state index in [4.69, 9.17) is 0 Å². The van der Waals surface area contributed by atoms with Gasteiger partial charge in [-0.25, -0.2) is 9.18 Å². The molecule has 3 atom stereocenters. The van der Waals surface area contributed by atoms with Crippen molar-refractivity contribution in [2.24, 2.45) is 0 Å². The molecule has 0 radical (unpaired) electrons. The first kappa shape index (κ1) is 25.9. The zero-order valence-corrected chi connectivity index (χ0v) is 21.2. The molecule has 0 spiro atoms. The van der Waals surface area contributed by atoms with Crippen molar-refractivity contribution < 1.29 is 19.4 Å². The number of nitrogens with one attached hydrogen (secondary N) is 1. The van der Waals surface area contributed by atoms with Gasteiger partial charge in [-0.05, 0) is 66.9 Å². The van der Waals surface area contributed by atoms with E-state index in [1.807, 2.05) is 36.4 Å². The van der Waals surface area contributed by atoms with E-state index in [1.165, 1.54) is 6.07 Å². The van der Waals surface area contributed by atoms with Crippen molar-refractivity contribution in [2.75, 3.05) is 31.6 Å². The van der Waals surface area contributed by atoms with Crippen molar-refractivity contribution in [3.63, 3.8) is 0 Å². The monoisotopic (exact) mass is 513 g/mol. The number of halogens is 1. The van der Waals surface area contributed by atoms with Gasteiger partial charge in [0.15, 0.2) is 0 Å². The van der Waals surface area contributed by atoms with Crippen LogP contribution in [0, 0.1) is 17.7 Å². The maximum Gasteiger partial charge on any atom is 0.321 e. The van der Waals surface area contributed by atoms with E-state index in [2.05, 4.69) is 34.2 Å². The molecule has 3 N–H and O–H groups in total. The molecule has 2 aliphatic rings. The van der Waals surface area contributed by atoms with Crippen LogP contribution in [0.4, 0.5) is 14.9 Å². The number of para-hydroxylation sites is 1. The zero-order chi connectivity index (χ0) is 26.5. The minimum atomic E-state index is -0.457. The second-order valence-corrected chi connectivity index (χ2v) is 9.87. The van der Waals surface area contributed by atoms with Crippen LogP contribution in [0.15, 0.2) is 72.8 Å². The Bertz CT molecular complexity index is 1320. The minimum absolute atomic E-state index is 0.00319. The van der Waals surface area contributed by atoms with Gasteiger partial charge < -0.3 is 20.4 Å². The van der Waals surface area contributed by atoms with E-state index in [0.717, 1.165) is 41.6 Å². The summed E-state index contributed by atoms with van der Waals surface area (Å²) in [5.74, 6) is 5.96. The van der Waals surface area contributed by atoms with E-state index < -0.39 is 5.82 Å². The van der Waals surface area contributed by atoms with Crippen LogP contribution < -0.4 is 5.32 Å². The summed E-state index contributed by atoms with van der Waals surface area (Å²) in [5, 5.41) is 22.1. The number of fused-ring (bicyclic) bond motifs is 1. The summed E-state index contributed by atoms with van der Waals surface area (Å²) in [6.45, 7) is 2.06. The smallest absolute Gasteiger partial charge is 0.321 e. The number of aliphatic hydroxyl groups is 2. The Morgan fingerprint density at radius 1 is 0.921 bits per heavy atom. The second-order valence-electron chi connectivity index (χ2n) is 9.87. The number of carbonyl (C=O) groups excluding carboxylic acids is 1. The van der Waals surface area contributed by atoms with Gasteiger partial charge >= 0.3 is 6.03 Å². The lowest BCUT2D eigenvalue weighted by Crippen LogP contribution is -2.68. The van der Waals surface area contributed by atoms with Crippen molar-refractivity contribution >= 4 is 11.7 Å². The Balaban J connectivity index is 1.31. The third-order valence-electron chi connectivity index (χ3n) is 7.56. The number of hydrogen-bond donors (Lipinski definition) is 3. The predicted molar refractivity (Wildman–Crippen MR) is 145 cm³/mol. The van der Waals surface area contributed by atoms with Gasteiger partial charge in [0.05, 0.1) is 18.9 Å². The molecule has 0 unspecified atom stereocenters. The van der Waals surface area contributed by atoms with E-state index in [-0.39, 0.29) is 42.9 Å². The molecule has 0 aromatic heterocycles. The molecule has 2 heterocycles. The Kier molecular flexibility index (Phi) is 8.04. The summed E-state index contributed by atoms with van der Waals surface area (Å²) in [6.07, 6.45) is 1.78. The summed E-state index contributed by atoms with van der Waals surface area (Å²) in [7, 11) is 0. The van der Waals surface area contributed by atoms with Crippen LogP contribution in [0.25, 0.3) is 0 Å². The molecule has 2 fully saturated rings. The average Bonchev–Trinajstić information content (AvgIpc) is 2.93. The van der Waals surface area contributed by atoms with Crippen molar-refractivity contribution in [1.29, 1.82) is 0 Å². The molecular weight excluding hydrogens is 481 g/mol. The molecule has 0 bridgehead atoms. The van der Waals surface area contributed by atoms with Gasteiger partial charge in [0.1, 0.15) is 5.82 Å². The van der Waals surface area contributed by atoms with Gasteiger partial charge in [-0.3, -0.25) is 4.90 Å². The van der Waals surface area contributed by atoms with Gasteiger partial charge in [-0.15, -0.1) is 0 Å². The lowest BCUT2D eigenvalue weighted by molar-refractivity contribution is -0.0585. The number of amides is 2. The maximum absolute atomic E-state index is 14.1. The van der Waals surface area contributed by atoms with Crippen molar-refractivity contribution in [3.8, 4) is 11.8 Å². The van der Waals surface area contributed by atoms with Crippen LogP contribution in [0.3, 0.4) is 0 Å². The molecule has 0 aliphatic carbocycles. The van der Waals surface area contributed by atoms with E-state index in [9.17, 15) is 19.4 Å². The first-order valence-electron chi connectivity index (χ1n) is 13.1. The van der Waals surface area contributed by atoms with Crippen molar-refractivity contribution in [2.45, 2.75) is 37.5 Å². The number of urea groups is 1. The molecule has 6 nitrogen and oxygen atoms in total. The first-order chi connectivity index (χ1) is 18.6. The quantitative estimate of drug-likeness (QED) is 0.458. The molecule has 2 amide bonds. The predicted octanol–water partition coefficient (Wildman–Crippen LogP) is 4.17. The van der Waals surface area contributed by atoms with E-state index in [1.54, 1.807) is 23.1 Å². The molecular formula is C31H32FN3O3. The molecule has 3 aromatic rings. The fourth-order valence-electron chi connectivity index (χ4n) is 5.51. The molecule has 38 heavy (non-hydrogen) atoms. The summed E-state index contributed by atoms with van der Waals surface area (Å²) in [6, 6.07) is 21.6. The minimum Gasteiger partial charge on any atom is -0.395 e. The maximum atomic E-state index is 14.1. The normalized spacial score (nSPS) is 21.2. The van der Waals surface area contributed by atoms with Crippen LogP contribution in [0.2, 0.25) is 0 Å². The highest BCUT2D eigenvalue weighted by atomic mass is 19.1. The third kappa shape index (κ3) is 5.58. The number of nitrogens with zero attached hydrogens (tertiary/aromatic N) is 2. The zero-order valence-electron chi connectivity index (χ0n) is 21.2. The van der Waals surface area contributed by atoms with Gasteiger partial charge in [0.25, 0.3) is 0 Å². The number of benzene rings is 3. The lowest BCUT2D eigenvalue weighted by atomic mass is 9.74. The molecule has 196 valence electrons. The molecule has 0 saturated carbocycles. The van der Waals surface area contributed by atoms with Crippen molar-refractivity contribution in [3.05, 3.63) is 101 Å². The number of hydrogen-bond acceptors (Lipinski definition) is 4. The Hall–Kier alpha value is -3.70. The van der Waals surface area contributed by atoms with Crippen LogP contribution in [-0.4, -0.2) is 64.4 Å². The molecule has 2 saturated heterocycles. The summed E-state index contributed by atoms with van der Waals surface area (Å²) in [4.78, 5) is 17.1. The van der Waals surface area contributed by atoms with Crippen LogP contribution in [0.5, 0.6) is 0 Å². The highest BCUT2D eigenvalue weighted by molar-refractivity contribution is 5.89. The van der Waals surface area contributed by atoms with Crippen LogP contribution in [0.1, 0.15) is 41.0 Å². The number of carbonyl (C=O) groups is 1. The van der Waals surface area contributed by atoms with Gasteiger partial charge in [0, 0.05) is 42.2 Å². The van der Waals surface area contributed by atoms with Gasteiger partial charge in [0.2, 0.25) is 0 Å². The second kappa shape index (κ2) is 11.8. The third-order valence-corrected chi connectivity index (χ3v) is 7.56. The fourth-order valence-corrected chi connectivity index (χ4v) is 5.51. The molecule has 3 aromatic carbocycles. The molecule has 2 aliphatic heterocycles.